The van der Waals surface area contributed by atoms with Crippen molar-refractivity contribution in [2.24, 2.45) is 0 Å². The number of likely N-dealkylation sites (tertiary alicyclic amines) is 2. The number of amides is 1. The monoisotopic (exact) mass is 385 g/mol. The highest BCUT2D eigenvalue weighted by atomic mass is 16.2. The number of hydrogen-bond donors (Lipinski definition) is 0. The number of nitriles is 1. The van der Waals surface area contributed by atoms with Gasteiger partial charge in [-0.25, -0.2) is 4.98 Å². The van der Waals surface area contributed by atoms with Crippen LogP contribution in [0.2, 0.25) is 0 Å². The lowest BCUT2D eigenvalue weighted by atomic mass is 10.1. The summed E-state index contributed by atoms with van der Waals surface area (Å²) in [6, 6.07) is 15.9. The molecule has 0 bridgehead atoms. The Balaban J connectivity index is 1.33. The van der Waals surface area contributed by atoms with Gasteiger partial charge in [0.05, 0.1) is 22.7 Å². The molecule has 0 aliphatic carbocycles. The van der Waals surface area contributed by atoms with Crippen molar-refractivity contribution in [3.63, 3.8) is 0 Å². The number of benzene rings is 2. The van der Waals surface area contributed by atoms with Gasteiger partial charge in [0.25, 0.3) is 5.91 Å². The van der Waals surface area contributed by atoms with Crippen LogP contribution in [0.15, 0.2) is 48.8 Å². The number of carbonyl (C=O) groups excluding carboxylic acids is 1. The van der Waals surface area contributed by atoms with Crippen molar-refractivity contribution in [3.05, 3.63) is 59.9 Å². The zero-order valence-corrected chi connectivity index (χ0v) is 16.3. The molecule has 146 valence electrons. The second-order valence-corrected chi connectivity index (χ2v) is 7.91. The van der Waals surface area contributed by atoms with E-state index in [1.807, 2.05) is 39.8 Å². The summed E-state index contributed by atoms with van der Waals surface area (Å²) in [5.41, 5.74) is 4.00. The second kappa shape index (κ2) is 7.34. The van der Waals surface area contributed by atoms with Crippen LogP contribution in [0.25, 0.3) is 16.7 Å². The Hall–Kier alpha value is -3.17. The predicted molar refractivity (Wildman–Crippen MR) is 111 cm³/mol. The minimum atomic E-state index is 0.118. The molecule has 0 spiro atoms. The van der Waals surface area contributed by atoms with Crippen LogP contribution >= 0.6 is 0 Å². The van der Waals surface area contributed by atoms with E-state index in [2.05, 4.69) is 16.0 Å². The molecule has 0 saturated carbocycles. The molecule has 1 unspecified atom stereocenters. The molecule has 2 fully saturated rings. The summed E-state index contributed by atoms with van der Waals surface area (Å²) in [5, 5.41) is 9.05. The van der Waals surface area contributed by atoms with Gasteiger partial charge in [-0.3, -0.25) is 14.3 Å². The van der Waals surface area contributed by atoms with Gasteiger partial charge >= 0.3 is 0 Å². The Morgan fingerprint density at radius 3 is 2.62 bits per heavy atom. The summed E-state index contributed by atoms with van der Waals surface area (Å²) in [6.07, 6.45) is 5.40. The number of imidazole rings is 1. The topological polar surface area (TPSA) is 65.2 Å². The molecule has 1 atom stereocenters. The fourth-order valence-corrected chi connectivity index (χ4v) is 4.57. The number of nitrogens with zero attached hydrogens (tertiary/aromatic N) is 5. The van der Waals surface area contributed by atoms with Gasteiger partial charge in [0.2, 0.25) is 0 Å². The molecule has 2 aliphatic rings. The molecule has 5 rings (SSSR count). The summed E-state index contributed by atoms with van der Waals surface area (Å²) >= 11 is 0. The van der Waals surface area contributed by atoms with Gasteiger partial charge in [0.15, 0.2) is 0 Å². The predicted octanol–water partition coefficient (Wildman–Crippen LogP) is 3.21. The highest BCUT2D eigenvalue weighted by molar-refractivity contribution is 5.94. The van der Waals surface area contributed by atoms with Gasteiger partial charge in [0, 0.05) is 30.4 Å². The van der Waals surface area contributed by atoms with E-state index in [1.54, 1.807) is 18.5 Å². The standard InChI is InChI=1S/C23H23N5O/c24-14-17-3-8-22-21(13-17)25-16-28(22)19-6-4-18(5-7-19)23(29)27-12-9-20(15-27)26-10-1-2-11-26/h3-8,13,16,20H,1-2,9-12,15H2. The molecule has 6 nitrogen and oxygen atoms in total. The molecule has 2 aromatic carbocycles. The van der Waals surface area contributed by atoms with Crippen molar-refractivity contribution in [2.45, 2.75) is 25.3 Å². The van der Waals surface area contributed by atoms with E-state index in [0.717, 1.165) is 41.8 Å². The molecule has 3 aromatic rings. The van der Waals surface area contributed by atoms with E-state index in [4.69, 9.17) is 5.26 Å². The van der Waals surface area contributed by atoms with Crippen molar-refractivity contribution in [1.82, 2.24) is 19.4 Å². The SMILES string of the molecule is N#Cc1ccc2c(c1)ncn2-c1ccc(C(=O)N2CCC(N3CCCC3)C2)cc1. The molecule has 29 heavy (non-hydrogen) atoms. The van der Waals surface area contributed by atoms with Gasteiger partial charge < -0.3 is 4.90 Å². The third kappa shape index (κ3) is 3.28. The Morgan fingerprint density at radius 2 is 1.86 bits per heavy atom. The maximum Gasteiger partial charge on any atom is 0.253 e. The van der Waals surface area contributed by atoms with Crippen LogP contribution in [0.5, 0.6) is 0 Å². The number of rotatable bonds is 3. The van der Waals surface area contributed by atoms with Crippen LogP contribution in [0, 0.1) is 11.3 Å². The van der Waals surface area contributed by atoms with E-state index in [1.165, 1.54) is 25.9 Å². The summed E-state index contributed by atoms with van der Waals surface area (Å²) in [6.45, 7) is 4.04. The Morgan fingerprint density at radius 1 is 1.07 bits per heavy atom. The lowest BCUT2D eigenvalue weighted by molar-refractivity contribution is 0.0780. The first-order valence-corrected chi connectivity index (χ1v) is 10.2. The molecule has 2 aliphatic heterocycles. The quantitative estimate of drug-likeness (QED) is 0.694. The van der Waals surface area contributed by atoms with Crippen molar-refractivity contribution < 1.29 is 4.79 Å². The van der Waals surface area contributed by atoms with Crippen LogP contribution in [0.1, 0.15) is 35.2 Å². The Bertz CT molecular complexity index is 1090. The molecule has 2 saturated heterocycles. The first-order chi connectivity index (χ1) is 14.2. The molecule has 3 heterocycles. The van der Waals surface area contributed by atoms with Gasteiger partial charge in [-0.15, -0.1) is 0 Å². The second-order valence-electron chi connectivity index (χ2n) is 7.91. The third-order valence-corrected chi connectivity index (χ3v) is 6.18. The van der Waals surface area contributed by atoms with Crippen LogP contribution in [-0.4, -0.2) is 57.5 Å². The highest BCUT2D eigenvalue weighted by Gasteiger charge is 2.31. The van der Waals surface area contributed by atoms with Crippen LogP contribution in [0.3, 0.4) is 0 Å². The van der Waals surface area contributed by atoms with Crippen molar-refractivity contribution in [1.29, 1.82) is 5.26 Å². The highest BCUT2D eigenvalue weighted by Crippen LogP contribution is 2.23. The van der Waals surface area contributed by atoms with E-state index >= 15 is 0 Å². The molecule has 1 aromatic heterocycles. The third-order valence-electron chi connectivity index (χ3n) is 6.18. The van der Waals surface area contributed by atoms with Crippen LogP contribution in [-0.2, 0) is 0 Å². The molecular formula is C23H23N5O. The van der Waals surface area contributed by atoms with Gasteiger partial charge in [-0.05, 0) is 74.8 Å². The molecular weight excluding hydrogens is 362 g/mol. The van der Waals surface area contributed by atoms with Crippen molar-refractivity contribution >= 4 is 16.9 Å². The average Bonchev–Trinajstić information content (AvgIpc) is 3.53. The Kier molecular flexibility index (Phi) is 4.53. The van der Waals surface area contributed by atoms with Crippen molar-refractivity contribution in [3.8, 4) is 11.8 Å². The van der Waals surface area contributed by atoms with Gasteiger partial charge in [-0.2, -0.15) is 5.26 Å². The molecule has 6 heteroatoms. The fourth-order valence-electron chi connectivity index (χ4n) is 4.57. The minimum Gasteiger partial charge on any atom is -0.337 e. The van der Waals surface area contributed by atoms with Crippen molar-refractivity contribution in [2.75, 3.05) is 26.2 Å². The first kappa shape index (κ1) is 17.9. The first-order valence-electron chi connectivity index (χ1n) is 10.2. The smallest absolute Gasteiger partial charge is 0.253 e. The number of carbonyl (C=O) groups is 1. The maximum absolute atomic E-state index is 12.9. The minimum absolute atomic E-state index is 0.118. The van der Waals surface area contributed by atoms with E-state index in [0.29, 0.717) is 11.6 Å². The Labute approximate surface area is 170 Å². The normalized spacial score (nSPS) is 19.7. The largest absolute Gasteiger partial charge is 0.337 e. The number of fused-ring (bicyclic) bond motifs is 1. The average molecular weight is 385 g/mol. The molecule has 1 amide bonds. The summed E-state index contributed by atoms with van der Waals surface area (Å²) in [7, 11) is 0. The number of hydrogen-bond acceptors (Lipinski definition) is 4. The van der Waals surface area contributed by atoms with Gasteiger partial charge in [-0.1, -0.05) is 0 Å². The fraction of sp³-hybridized carbons (Fsp3) is 0.348. The zero-order chi connectivity index (χ0) is 19.8. The summed E-state index contributed by atoms with van der Waals surface area (Å²) < 4.78 is 1.98. The van der Waals surface area contributed by atoms with E-state index in [9.17, 15) is 4.79 Å². The maximum atomic E-state index is 12.9. The van der Waals surface area contributed by atoms with Crippen LogP contribution < -0.4 is 0 Å². The van der Waals surface area contributed by atoms with E-state index in [-0.39, 0.29) is 5.91 Å². The summed E-state index contributed by atoms with van der Waals surface area (Å²) in [5.74, 6) is 0.118. The van der Waals surface area contributed by atoms with E-state index < -0.39 is 0 Å². The molecule has 0 radical (unpaired) electrons. The lowest BCUT2D eigenvalue weighted by Gasteiger charge is -2.23. The zero-order valence-electron chi connectivity index (χ0n) is 16.3. The summed E-state index contributed by atoms with van der Waals surface area (Å²) in [4.78, 5) is 21.9. The number of aromatic nitrogens is 2. The van der Waals surface area contributed by atoms with Gasteiger partial charge in [0.1, 0.15) is 6.33 Å². The molecule has 0 N–H and O–H groups in total. The lowest BCUT2D eigenvalue weighted by Crippen LogP contribution is -2.37. The van der Waals surface area contributed by atoms with Crippen LogP contribution in [0.4, 0.5) is 0 Å².